The third-order valence-corrected chi connectivity index (χ3v) is 2.64. The minimum Gasteiger partial charge on any atom is -0.481 e. The molecule has 0 unspecified atom stereocenters. The molecule has 3 heteroatoms. The summed E-state index contributed by atoms with van der Waals surface area (Å²) in [6.45, 7) is 0. The SMILES string of the molecule is C#Cc1ccccc1Nc1cccc(CC(=O)O)c1. The normalized spacial score (nSPS) is 9.63. The van der Waals surface area contributed by atoms with Gasteiger partial charge in [0.25, 0.3) is 0 Å². The lowest BCUT2D eigenvalue weighted by Crippen LogP contribution is -2.00. The van der Waals surface area contributed by atoms with Crippen molar-refractivity contribution in [2.75, 3.05) is 5.32 Å². The first kappa shape index (κ1) is 12.7. The average molecular weight is 251 g/mol. The van der Waals surface area contributed by atoms with Crippen LogP contribution in [0.2, 0.25) is 0 Å². The number of carboxylic acid groups (broad SMARTS) is 1. The summed E-state index contributed by atoms with van der Waals surface area (Å²) in [4.78, 5) is 10.7. The fourth-order valence-corrected chi connectivity index (χ4v) is 1.81. The van der Waals surface area contributed by atoms with Gasteiger partial charge in [-0.3, -0.25) is 4.79 Å². The fourth-order valence-electron chi connectivity index (χ4n) is 1.81. The Labute approximate surface area is 111 Å². The molecular formula is C16H13NO2. The van der Waals surface area contributed by atoms with Crippen LogP contribution in [0.1, 0.15) is 11.1 Å². The van der Waals surface area contributed by atoms with Crippen LogP contribution in [0.5, 0.6) is 0 Å². The molecule has 94 valence electrons. The van der Waals surface area contributed by atoms with Crippen LogP contribution in [-0.4, -0.2) is 11.1 Å². The molecule has 0 heterocycles. The number of hydrogen-bond donors (Lipinski definition) is 2. The zero-order valence-corrected chi connectivity index (χ0v) is 10.3. The molecule has 2 aromatic carbocycles. The van der Waals surface area contributed by atoms with Gasteiger partial charge in [-0.05, 0) is 29.8 Å². The molecule has 0 aromatic heterocycles. The van der Waals surface area contributed by atoms with E-state index in [1.54, 1.807) is 12.1 Å². The maximum absolute atomic E-state index is 10.7. The van der Waals surface area contributed by atoms with Gasteiger partial charge in [0, 0.05) is 11.3 Å². The van der Waals surface area contributed by atoms with E-state index in [-0.39, 0.29) is 6.42 Å². The standard InChI is InChI=1S/C16H13NO2/c1-2-13-7-3-4-9-15(13)17-14-8-5-6-12(10-14)11-16(18)19/h1,3-10,17H,11H2,(H,18,19). The number of terminal acetylenes is 1. The Morgan fingerprint density at radius 2 is 2.00 bits per heavy atom. The van der Waals surface area contributed by atoms with Crippen molar-refractivity contribution in [2.45, 2.75) is 6.42 Å². The molecule has 0 fully saturated rings. The van der Waals surface area contributed by atoms with Crippen molar-refractivity contribution in [2.24, 2.45) is 0 Å². The number of carbonyl (C=O) groups is 1. The Kier molecular flexibility index (Phi) is 3.84. The molecule has 0 aliphatic carbocycles. The van der Waals surface area contributed by atoms with Crippen molar-refractivity contribution in [1.82, 2.24) is 0 Å². The molecular weight excluding hydrogens is 238 g/mol. The van der Waals surface area contributed by atoms with Crippen molar-refractivity contribution in [1.29, 1.82) is 0 Å². The molecule has 0 saturated carbocycles. The van der Waals surface area contributed by atoms with E-state index in [0.717, 1.165) is 22.5 Å². The Morgan fingerprint density at radius 3 is 2.74 bits per heavy atom. The number of rotatable bonds is 4. The van der Waals surface area contributed by atoms with Gasteiger partial charge in [0.1, 0.15) is 0 Å². The van der Waals surface area contributed by atoms with E-state index >= 15 is 0 Å². The molecule has 2 rings (SSSR count). The van der Waals surface area contributed by atoms with Crippen molar-refractivity contribution in [3.8, 4) is 12.3 Å². The first-order valence-corrected chi connectivity index (χ1v) is 5.82. The van der Waals surface area contributed by atoms with Crippen LogP contribution in [-0.2, 0) is 11.2 Å². The van der Waals surface area contributed by atoms with Gasteiger partial charge in [0.15, 0.2) is 0 Å². The van der Waals surface area contributed by atoms with Gasteiger partial charge < -0.3 is 10.4 Å². The van der Waals surface area contributed by atoms with Crippen LogP contribution >= 0.6 is 0 Å². The summed E-state index contributed by atoms with van der Waals surface area (Å²) < 4.78 is 0. The molecule has 2 N–H and O–H groups in total. The van der Waals surface area contributed by atoms with Crippen LogP contribution in [0.4, 0.5) is 11.4 Å². The highest BCUT2D eigenvalue weighted by atomic mass is 16.4. The van der Waals surface area contributed by atoms with Gasteiger partial charge in [0.2, 0.25) is 0 Å². The third-order valence-electron chi connectivity index (χ3n) is 2.64. The monoisotopic (exact) mass is 251 g/mol. The summed E-state index contributed by atoms with van der Waals surface area (Å²) in [7, 11) is 0. The van der Waals surface area contributed by atoms with E-state index in [1.165, 1.54) is 0 Å². The number of anilines is 2. The van der Waals surface area contributed by atoms with Crippen molar-refractivity contribution in [3.63, 3.8) is 0 Å². The molecule has 0 atom stereocenters. The predicted molar refractivity (Wildman–Crippen MR) is 75.4 cm³/mol. The molecule has 0 aliphatic heterocycles. The zero-order valence-electron chi connectivity index (χ0n) is 10.3. The first-order valence-electron chi connectivity index (χ1n) is 5.82. The summed E-state index contributed by atoms with van der Waals surface area (Å²) in [6.07, 6.45) is 5.44. The molecule has 2 aromatic rings. The topological polar surface area (TPSA) is 49.3 Å². The molecule has 0 radical (unpaired) electrons. The van der Waals surface area contributed by atoms with E-state index in [4.69, 9.17) is 11.5 Å². The van der Waals surface area contributed by atoms with Crippen LogP contribution in [0, 0.1) is 12.3 Å². The summed E-state index contributed by atoms with van der Waals surface area (Å²) in [6, 6.07) is 14.8. The lowest BCUT2D eigenvalue weighted by atomic mass is 10.1. The maximum Gasteiger partial charge on any atom is 0.307 e. The number of nitrogens with one attached hydrogen (secondary N) is 1. The lowest BCUT2D eigenvalue weighted by Gasteiger charge is -2.09. The number of hydrogen-bond acceptors (Lipinski definition) is 2. The molecule has 0 amide bonds. The predicted octanol–water partition coefficient (Wildman–Crippen LogP) is 3.04. The maximum atomic E-state index is 10.7. The number of benzene rings is 2. The Hall–Kier alpha value is -2.73. The molecule has 19 heavy (non-hydrogen) atoms. The molecule has 0 spiro atoms. The fraction of sp³-hybridized carbons (Fsp3) is 0.0625. The van der Waals surface area contributed by atoms with E-state index < -0.39 is 5.97 Å². The second-order valence-corrected chi connectivity index (χ2v) is 4.09. The van der Waals surface area contributed by atoms with E-state index in [0.29, 0.717) is 0 Å². The van der Waals surface area contributed by atoms with Crippen molar-refractivity contribution >= 4 is 17.3 Å². The molecule has 3 nitrogen and oxygen atoms in total. The molecule has 0 bridgehead atoms. The van der Waals surface area contributed by atoms with E-state index in [9.17, 15) is 4.79 Å². The Balaban J connectivity index is 2.24. The van der Waals surface area contributed by atoms with Crippen LogP contribution < -0.4 is 5.32 Å². The molecule has 0 aliphatic rings. The van der Waals surface area contributed by atoms with E-state index in [1.807, 2.05) is 36.4 Å². The van der Waals surface area contributed by atoms with Crippen LogP contribution in [0.15, 0.2) is 48.5 Å². The van der Waals surface area contributed by atoms with Gasteiger partial charge in [-0.25, -0.2) is 0 Å². The summed E-state index contributed by atoms with van der Waals surface area (Å²) in [5.74, 6) is 1.76. The lowest BCUT2D eigenvalue weighted by molar-refractivity contribution is -0.136. The first-order chi connectivity index (χ1) is 9.19. The quantitative estimate of drug-likeness (QED) is 0.821. The number of carboxylic acids is 1. The van der Waals surface area contributed by atoms with Gasteiger partial charge in [-0.1, -0.05) is 30.2 Å². The highest BCUT2D eigenvalue weighted by Crippen LogP contribution is 2.21. The summed E-state index contributed by atoms with van der Waals surface area (Å²) in [5, 5.41) is 12.0. The van der Waals surface area contributed by atoms with Gasteiger partial charge in [-0.2, -0.15) is 0 Å². The summed E-state index contributed by atoms with van der Waals surface area (Å²) >= 11 is 0. The second kappa shape index (κ2) is 5.74. The minimum atomic E-state index is -0.846. The van der Waals surface area contributed by atoms with Crippen LogP contribution in [0.3, 0.4) is 0 Å². The highest BCUT2D eigenvalue weighted by molar-refractivity contribution is 5.72. The number of para-hydroxylation sites is 1. The number of aliphatic carboxylic acids is 1. The second-order valence-electron chi connectivity index (χ2n) is 4.09. The van der Waals surface area contributed by atoms with Gasteiger partial charge in [0.05, 0.1) is 12.1 Å². The highest BCUT2D eigenvalue weighted by Gasteiger charge is 2.03. The van der Waals surface area contributed by atoms with E-state index in [2.05, 4.69) is 11.2 Å². The van der Waals surface area contributed by atoms with Gasteiger partial charge in [-0.15, -0.1) is 6.42 Å². The van der Waals surface area contributed by atoms with Crippen molar-refractivity contribution in [3.05, 3.63) is 59.7 Å². The Morgan fingerprint density at radius 1 is 1.21 bits per heavy atom. The summed E-state index contributed by atoms with van der Waals surface area (Å²) in [5.41, 5.74) is 3.17. The smallest absolute Gasteiger partial charge is 0.307 e. The largest absolute Gasteiger partial charge is 0.481 e. The van der Waals surface area contributed by atoms with Gasteiger partial charge >= 0.3 is 5.97 Å². The third kappa shape index (κ3) is 3.36. The average Bonchev–Trinajstić information content (AvgIpc) is 2.39. The zero-order chi connectivity index (χ0) is 13.7. The van der Waals surface area contributed by atoms with Crippen molar-refractivity contribution < 1.29 is 9.90 Å². The van der Waals surface area contributed by atoms with Crippen LogP contribution in [0.25, 0.3) is 0 Å². The Bertz CT molecular complexity index is 641. The molecule has 0 saturated heterocycles. The minimum absolute atomic E-state index is 0.00626.